The summed E-state index contributed by atoms with van der Waals surface area (Å²) in [6, 6.07) is 27.8. The Morgan fingerprint density at radius 1 is 1.03 bits per heavy atom. The van der Waals surface area contributed by atoms with Crippen molar-refractivity contribution in [2.75, 3.05) is 12.9 Å². The summed E-state index contributed by atoms with van der Waals surface area (Å²) in [6.45, 7) is 6.27. The number of benzene rings is 3. The second kappa shape index (κ2) is 11.3. The summed E-state index contributed by atoms with van der Waals surface area (Å²) in [5, 5.41) is 5.14. The van der Waals surface area contributed by atoms with Crippen molar-refractivity contribution in [2.45, 2.75) is 50.6 Å². The Labute approximate surface area is 225 Å². The largest absolute Gasteiger partial charge is 0.497 e. The van der Waals surface area contributed by atoms with Gasteiger partial charge in [-0.3, -0.25) is 9.79 Å². The fourth-order valence-electron chi connectivity index (χ4n) is 4.98. The average molecular weight is 533 g/mol. The number of carbonyl (C=O) groups is 1. The van der Waals surface area contributed by atoms with Gasteiger partial charge in [-0.25, -0.2) is 0 Å². The molecule has 0 saturated carbocycles. The highest BCUT2D eigenvalue weighted by Crippen LogP contribution is 2.40. The maximum atomic E-state index is 13.1. The van der Waals surface area contributed by atoms with Crippen LogP contribution in [0.25, 0.3) is 0 Å². The molecule has 1 amide bonds. The summed E-state index contributed by atoms with van der Waals surface area (Å²) in [5.41, 5.74) is 0.705. The van der Waals surface area contributed by atoms with E-state index < -0.39 is 18.9 Å². The molecular weight excluding hydrogens is 496 g/mol. The van der Waals surface area contributed by atoms with Gasteiger partial charge < -0.3 is 14.8 Å². The lowest BCUT2D eigenvalue weighted by Gasteiger charge is -2.41. The van der Waals surface area contributed by atoms with Gasteiger partial charge in [-0.1, -0.05) is 98.4 Å². The minimum absolute atomic E-state index is 0.0734. The molecule has 0 fully saturated rings. The molecule has 1 unspecified atom stereocenters. The highest BCUT2D eigenvalue weighted by atomic mass is 32.2. The van der Waals surface area contributed by atoms with Crippen LogP contribution in [0, 0.1) is 0 Å². The highest BCUT2D eigenvalue weighted by molar-refractivity contribution is 8.13. The summed E-state index contributed by atoms with van der Waals surface area (Å²) < 4.78 is 5.29. The number of carbonyl (C=O) groups excluding carboxylic acids is 1. The number of aliphatic imine (C=N–C) groups is 1. The number of hydrogen-bond acceptors (Lipinski definition) is 5. The fraction of sp³-hybridized carbons (Fsp3) is 0.333. The van der Waals surface area contributed by atoms with Gasteiger partial charge in [0.25, 0.3) is 8.32 Å². The second-order valence-corrected chi connectivity index (χ2v) is 15.4. The first-order chi connectivity index (χ1) is 17.7. The van der Waals surface area contributed by atoms with E-state index >= 15 is 0 Å². The molecule has 0 spiro atoms. The van der Waals surface area contributed by atoms with Gasteiger partial charge in [0.15, 0.2) is 5.17 Å². The molecule has 0 radical (unpaired) electrons. The van der Waals surface area contributed by atoms with Crippen molar-refractivity contribution < 1.29 is 14.3 Å². The number of ether oxygens (including phenoxy) is 1. The molecule has 4 rings (SSSR count). The zero-order valence-electron chi connectivity index (χ0n) is 22.0. The molecule has 1 aliphatic heterocycles. The van der Waals surface area contributed by atoms with E-state index in [2.05, 4.69) is 26.1 Å². The van der Waals surface area contributed by atoms with Crippen LogP contribution < -0.4 is 20.4 Å². The van der Waals surface area contributed by atoms with Gasteiger partial charge >= 0.3 is 0 Å². The third-order valence-electron chi connectivity index (χ3n) is 7.47. The lowest BCUT2D eigenvalue weighted by Crippen LogP contribution is -2.65. The van der Waals surface area contributed by atoms with Crippen molar-refractivity contribution >= 4 is 41.5 Å². The smallest absolute Gasteiger partial charge is 0.258 e. The molecular formula is C30H36N2O3SSi. The van der Waals surface area contributed by atoms with Crippen molar-refractivity contribution in [3.8, 4) is 5.75 Å². The lowest BCUT2D eigenvalue weighted by molar-refractivity contribution is -0.119. The monoisotopic (exact) mass is 532 g/mol. The molecule has 1 aliphatic rings. The van der Waals surface area contributed by atoms with E-state index in [1.165, 1.54) is 0 Å². The van der Waals surface area contributed by atoms with Crippen LogP contribution in [0.1, 0.15) is 45.6 Å². The van der Waals surface area contributed by atoms with Crippen molar-refractivity contribution in [2.24, 2.45) is 4.99 Å². The fourth-order valence-corrected chi connectivity index (χ4v) is 9.86. The lowest BCUT2D eigenvalue weighted by atomic mass is 9.90. The number of rotatable bonds is 8. The second-order valence-electron chi connectivity index (χ2n) is 10.4. The van der Waals surface area contributed by atoms with Crippen molar-refractivity contribution in [3.63, 3.8) is 0 Å². The molecule has 194 valence electrons. The first-order valence-corrected chi connectivity index (χ1v) is 15.6. The normalized spacial score (nSPS) is 18.1. The first-order valence-electron chi connectivity index (χ1n) is 12.7. The maximum Gasteiger partial charge on any atom is 0.258 e. The molecule has 1 atom stereocenters. The van der Waals surface area contributed by atoms with E-state index in [1.807, 2.05) is 84.9 Å². The van der Waals surface area contributed by atoms with Crippen LogP contribution in [0.4, 0.5) is 0 Å². The van der Waals surface area contributed by atoms with Gasteiger partial charge in [0.05, 0.1) is 12.6 Å². The van der Waals surface area contributed by atoms with Crippen LogP contribution in [-0.4, -0.2) is 37.1 Å². The number of amides is 1. The number of thioether (sulfide) groups is 1. The molecule has 0 saturated heterocycles. The van der Waals surface area contributed by atoms with E-state index in [4.69, 9.17) is 9.73 Å². The van der Waals surface area contributed by atoms with Crippen LogP contribution in [0.3, 0.4) is 0 Å². The minimum atomic E-state index is -3.15. The Hall–Kier alpha value is -2.87. The summed E-state index contributed by atoms with van der Waals surface area (Å²) in [4.78, 5) is 30.4. The minimum Gasteiger partial charge on any atom is -0.497 e. The quantitative estimate of drug-likeness (QED) is 0.408. The van der Waals surface area contributed by atoms with Gasteiger partial charge in [0.2, 0.25) is 5.91 Å². The van der Waals surface area contributed by atoms with Gasteiger partial charge in [0.1, 0.15) is 5.75 Å². The molecule has 0 bridgehead atoms. The maximum absolute atomic E-state index is 13.1. The van der Waals surface area contributed by atoms with Crippen LogP contribution >= 0.6 is 11.8 Å². The molecule has 0 aliphatic carbocycles. The summed E-state index contributed by atoms with van der Waals surface area (Å²) >= 11 is 1.58. The van der Waals surface area contributed by atoms with Crippen molar-refractivity contribution in [3.05, 3.63) is 90.5 Å². The predicted molar refractivity (Wildman–Crippen MR) is 156 cm³/mol. The number of hydrogen-bond donors (Lipinski definition) is 2. The standard InChI is InChI=1S/C30H36N2O3SSi/c1-29(2,37(34,25-11-7-5-8-12-25)26-13-9-6-10-14-26)20-19-27(33)31-28-32-30(3,21-22-36-28)23-15-17-24(35-4)18-16-23/h5-18,34H,19-22H2,1-4H3,(H,31,32,33). The molecule has 5 nitrogen and oxygen atoms in total. The first kappa shape index (κ1) is 27.2. The Balaban J connectivity index is 1.49. The van der Waals surface area contributed by atoms with E-state index in [1.54, 1.807) is 18.9 Å². The molecule has 2 N–H and O–H groups in total. The number of nitrogens with one attached hydrogen (secondary N) is 1. The Bertz CT molecular complexity index is 1190. The van der Waals surface area contributed by atoms with E-state index in [9.17, 15) is 9.59 Å². The number of amidine groups is 1. The zero-order chi connectivity index (χ0) is 26.5. The van der Waals surface area contributed by atoms with Gasteiger partial charge in [-0.15, -0.1) is 0 Å². The average Bonchev–Trinajstić information content (AvgIpc) is 2.92. The molecule has 37 heavy (non-hydrogen) atoms. The zero-order valence-corrected chi connectivity index (χ0v) is 23.8. The van der Waals surface area contributed by atoms with Gasteiger partial charge in [-0.2, -0.15) is 0 Å². The Morgan fingerprint density at radius 2 is 1.59 bits per heavy atom. The SMILES string of the molecule is COc1ccc(C2(C)CCSC(NC(=O)CCC(C)(C)[Si](O)(c3ccccc3)c3ccccc3)=N2)cc1. The van der Waals surface area contributed by atoms with E-state index in [-0.39, 0.29) is 5.91 Å². The van der Waals surface area contributed by atoms with Gasteiger partial charge in [-0.05, 0) is 52.9 Å². The predicted octanol–water partition coefficient (Wildman–Crippen LogP) is 4.83. The topological polar surface area (TPSA) is 70.9 Å². The van der Waals surface area contributed by atoms with E-state index in [0.717, 1.165) is 33.9 Å². The summed E-state index contributed by atoms with van der Waals surface area (Å²) in [5.74, 6) is 1.62. The highest BCUT2D eigenvalue weighted by Gasteiger charge is 2.49. The third-order valence-corrected chi connectivity index (χ3v) is 12.9. The van der Waals surface area contributed by atoms with Crippen molar-refractivity contribution in [1.29, 1.82) is 0 Å². The Morgan fingerprint density at radius 3 is 2.14 bits per heavy atom. The molecule has 3 aromatic rings. The molecule has 0 aromatic heterocycles. The number of nitrogens with zero attached hydrogens (tertiary/aromatic N) is 1. The third kappa shape index (κ3) is 5.84. The number of methoxy groups -OCH3 is 1. The van der Waals surface area contributed by atoms with Crippen LogP contribution in [0.5, 0.6) is 5.75 Å². The summed E-state index contributed by atoms with van der Waals surface area (Å²) in [7, 11) is -1.49. The Kier molecular flexibility index (Phi) is 8.26. The van der Waals surface area contributed by atoms with Gasteiger partial charge in [0, 0.05) is 12.2 Å². The summed E-state index contributed by atoms with van der Waals surface area (Å²) in [6.07, 6.45) is 1.75. The molecule has 1 heterocycles. The van der Waals surface area contributed by atoms with E-state index in [0.29, 0.717) is 18.0 Å². The van der Waals surface area contributed by atoms with Crippen molar-refractivity contribution in [1.82, 2.24) is 5.32 Å². The van der Waals surface area contributed by atoms with Crippen LogP contribution in [0.2, 0.25) is 5.04 Å². The van der Waals surface area contributed by atoms with Crippen LogP contribution in [-0.2, 0) is 10.3 Å². The molecule has 3 aromatic carbocycles. The molecule has 7 heteroatoms. The van der Waals surface area contributed by atoms with Crippen LogP contribution in [0.15, 0.2) is 89.9 Å².